The van der Waals surface area contributed by atoms with Crippen LogP contribution in [-0.4, -0.2) is 54.4 Å². The second-order valence-electron chi connectivity index (χ2n) is 4.63. The minimum atomic E-state index is -1.09. The van der Waals surface area contributed by atoms with Crippen molar-refractivity contribution in [2.45, 2.75) is 31.7 Å². The molecule has 94 valence electrons. The molecule has 0 amide bonds. The highest BCUT2D eigenvalue weighted by atomic mass is 16.5. The number of rotatable bonds is 5. The van der Waals surface area contributed by atoms with Crippen LogP contribution in [0.15, 0.2) is 0 Å². The maximum atomic E-state index is 10.8. The number of nitrogens with two attached hydrogens (primary N) is 1. The lowest BCUT2D eigenvalue weighted by molar-refractivity contribution is -0.142. The van der Waals surface area contributed by atoms with Crippen molar-refractivity contribution in [2.24, 2.45) is 5.73 Å². The summed E-state index contributed by atoms with van der Waals surface area (Å²) in [6.45, 7) is 6.06. The second-order valence-corrected chi connectivity index (χ2v) is 4.63. The Hall–Kier alpha value is -0.650. The third-order valence-electron chi connectivity index (χ3n) is 2.97. The fraction of sp³-hybridized carbons (Fsp3) is 0.909. The molecule has 1 unspecified atom stereocenters. The highest BCUT2D eigenvalue weighted by molar-refractivity contribution is 5.77. The first-order valence-corrected chi connectivity index (χ1v) is 5.85. The minimum Gasteiger partial charge on any atom is -0.480 e. The van der Waals surface area contributed by atoms with Gasteiger partial charge < -0.3 is 20.5 Å². The van der Waals surface area contributed by atoms with E-state index >= 15 is 0 Å². The summed E-state index contributed by atoms with van der Waals surface area (Å²) in [6, 6.07) is 0. The SMILES string of the molecule is CC(N)(CCCN1CCCOCC1)C(=O)O. The Morgan fingerprint density at radius 2 is 2.25 bits per heavy atom. The predicted octanol–water partition coefficient (Wildman–Crippen LogP) is 0.291. The molecule has 5 heteroatoms. The lowest BCUT2D eigenvalue weighted by Crippen LogP contribution is -2.45. The Balaban J connectivity index is 2.21. The van der Waals surface area contributed by atoms with Crippen molar-refractivity contribution < 1.29 is 14.6 Å². The van der Waals surface area contributed by atoms with Gasteiger partial charge in [-0.2, -0.15) is 0 Å². The minimum absolute atomic E-state index is 0.514. The fourth-order valence-corrected chi connectivity index (χ4v) is 1.80. The highest BCUT2D eigenvalue weighted by Gasteiger charge is 2.27. The van der Waals surface area contributed by atoms with E-state index < -0.39 is 11.5 Å². The molecule has 1 aliphatic rings. The van der Waals surface area contributed by atoms with E-state index in [0.29, 0.717) is 6.42 Å². The molecule has 0 aromatic rings. The largest absolute Gasteiger partial charge is 0.480 e. The normalized spacial score (nSPS) is 22.4. The molecule has 0 radical (unpaired) electrons. The topological polar surface area (TPSA) is 75.8 Å². The molecule has 0 aromatic heterocycles. The van der Waals surface area contributed by atoms with E-state index in [2.05, 4.69) is 4.90 Å². The molecule has 1 rings (SSSR count). The van der Waals surface area contributed by atoms with E-state index in [4.69, 9.17) is 15.6 Å². The molecule has 0 bridgehead atoms. The molecular formula is C11H22N2O3. The third kappa shape index (κ3) is 4.47. The van der Waals surface area contributed by atoms with Crippen LogP contribution < -0.4 is 5.73 Å². The van der Waals surface area contributed by atoms with Gasteiger partial charge in [-0.25, -0.2) is 0 Å². The summed E-state index contributed by atoms with van der Waals surface area (Å²) in [4.78, 5) is 13.1. The molecular weight excluding hydrogens is 208 g/mol. The van der Waals surface area contributed by atoms with Crippen LogP contribution in [0.4, 0.5) is 0 Å². The molecule has 1 saturated heterocycles. The van der Waals surface area contributed by atoms with Crippen LogP contribution in [0, 0.1) is 0 Å². The number of carboxylic acids is 1. The zero-order valence-electron chi connectivity index (χ0n) is 9.95. The Bertz CT molecular complexity index is 223. The molecule has 0 saturated carbocycles. The smallest absolute Gasteiger partial charge is 0.323 e. The average molecular weight is 230 g/mol. The van der Waals surface area contributed by atoms with E-state index in [1.165, 1.54) is 0 Å². The molecule has 1 aliphatic heterocycles. The lowest BCUT2D eigenvalue weighted by Gasteiger charge is -2.23. The maximum Gasteiger partial charge on any atom is 0.323 e. The van der Waals surface area contributed by atoms with Crippen molar-refractivity contribution in [3.8, 4) is 0 Å². The van der Waals surface area contributed by atoms with E-state index in [1.54, 1.807) is 6.92 Å². The average Bonchev–Trinajstić information content (AvgIpc) is 2.46. The second kappa shape index (κ2) is 6.18. The molecule has 16 heavy (non-hydrogen) atoms. The molecule has 0 spiro atoms. The number of hydrogen-bond donors (Lipinski definition) is 2. The first kappa shape index (κ1) is 13.4. The molecule has 3 N–H and O–H groups in total. The van der Waals surface area contributed by atoms with Gasteiger partial charge in [-0.15, -0.1) is 0 Å². The van der Waals surface area contributed by atoms with Crippen molar-refractivity contribution in [1.82, 2.24) is 4.90 Å². The number of hydrogen-bond acceptors (Lipinski definition) is 4. The van der Waals surface area contributed by atoms with Gasteiger partial charge in [-0.05, 0) is 32.7 Å². The maximum absolute atomic E-state index is 10.8. The zero-order valence-corrected chi connectivity index (χ0v) is 9.95. The van der Waals surface area contributed by atoms with Crippen LogP contribution in [0.2, 0.25) is 0 Å². The molecule has 1 fully saturated rings. The Morgan fingerprint density at radius 1 is 1.50 bits per heavy atom. The Morgan fingerprint density at radius 3 is 2.94 bits per heavy atom. The first-order valence-electron chi connectivity index (χ1n) is 5.85. The Labute approximate surface area is 96.6 Å². The van der Waals surface area contributed by atoms with Crippen molar-refractivity contribution in [3.63, 3.8) is 0 Å². The van der Waals surface area contributed by atoms with Gasteiger partial charge in [0.1, 0.15) is 5.54 Å². The highest BCUT2D eigenvalue weighted by Crippen LogP contribution is 2.10. The van der Waals surface area contributed by atoms with E-state index in [-0.39, 0.29) is 0 Å². The third-order valence-corrected chi connectivity index (χ3v) is 2.97. The van der Waals surface area contributed by atoms with Crippen LogP contribution in [0.1, 0.15) is 26.2 Å². The monoisotopic (exact) mass is 230 g/mol. The van der Waals surface area contributed by atoms with Crippen molar-refractivity contribution in [1.29, 1.82) is 0 Å². The van der Waals surface area contributed by atoms with Gasteiger partial charge in [0.05, 0.1) is 6.61 Å². The van der Waals surface area contributed by atoms with Gasteiger partial charge in [0.15, 0.2) is 0 Å². The van der Waals surface area contributed by atoms with Crippen LogP contribution in [0.3, 0.4) is 0 Å². The molecule has 0 aliphatic carbocycles. The molecule has 0 aromatic carbocycles. The lowest BCUT2D eigenvalue weighted by atomic mass is 9.97. The van der Waals surface area contributed by atoms with Gasteiger partial charge >= 0.3 is 5.97 Å². The van der Waals surface area contributed by atoms with Gasteiger partial charge in [-0.3, -0.25) is 4.79 Å². The van der Waals surface area contributed by atoms with Crippen LogP contribution >= 0.6 is 0 Å². The van der Waals surface area contributed by atoms with E-state index in [0.717, 1.165) is 45.7 Å². The quantitative estimate of drug-likeness (QED) is 0.710. The summed E-state index contributed by atoms with van der Waals surface area (Å²) < 4.78 is 5.35. The zero-order chi connectivity index (χ0) is 12.0. The number of ether oxygens (including phenoxy) is 1. The van der Waals surface area contributed by atoms with Crippen LogP contribution in [-0.2, 0) is 9.53 Å². The van der Waals surface area contributed by atoms with Gasteiger partial charge in [0.2, 0.25) is 0 Å². The number of nitrogens with zero attached hydrogens (tertiary/aromatic N) is 1. The standard InChI is InChI=1S/C11H22N2O3/c1-11(12,10(14)15)4-2-5-13-6-3-8-16-9-7-13/h2-9,12H2,1H3,(H,14,15). The molecule has 1 heterocycles. The Kier molecular flexibility index (Phi) is 5.18. The van der Waals surface area contributed by atoms with Crippen LogP contribution in [0.25, 0.3) is 0 Å². The number of aliphatic carboxylic acids is 1. The van der Waals surface area contributed by atoms with Gasteiger partial charge in [0, 0.05) is 19.7 Å². The summed E-state index contributed by atoms with van der Waals surface area (Å²) in [5, 5.41) is 8.86. The molecule has 5 nitrogen and oxygen atoms in total. The van der Waals surface area contributed by atoms with Crippen molar-refractivity contribution >= 4 is 5.97 Å². The van der Waals surface area contributed by atoms with Crippen molar-refractivity contribution in [2.75, 3.05) is 32.8 Å². The van der Waals surface area contributed by atoms with E-state index in [1.807, 2.05) is 0 Å². The predicted molar refractivity (Wildman–Crippen MR) is 61.3 cm³/mol. The summed E-state index contributed by atoms with van der Waals surface area (Å²) in [5.74, 6) is -0.924. The number of carboxylic acid groups (broad SMARTS) is 1. The van der Waals surface area contributed by atoms with Crippen molar-refractivity contribution in [3.05, 3.63) is 0 Å². The van der Waals surface area contributed by atoms with Crippen LogP contribution in [0.5, 0.6) is 0 Å². The summed E-state index contributed by atoms with van der Waals surface area (Å²) in [7, 11) is 0. The number of carbonyl (C=O) groups is 1. The summed E-state index contributed by atoms with van der Waals surface area (Å²) >= 11 is 0. The van der Waals surface area contributed by atoms with Gasteiger partial charge in [0.25, 0.3) is 0 Å². The first-order chi connectivity index (χ1) is 7.52. The van der Waals surface area contributed by atoms with Gasteiger partial charge in [-0.1, -0.05) is 0 Å². The van der Waals surface area contributed by atoms with E-state index in [9.17, 15) is 4.79 Å². The molecule has 1 atom stereocenters. The summed E-state index contributed by atoms with van der Waals surface area (Å²) in [5.41, 5.74) is 4.57. The summed E-state index contributed by atoms with van der Waals surface area (Å²) in [6.07, 6.45) is 2.39. The fourth-order valence-electron chi connectivity index (χ4n) is 1.80.